The molecule has 0 aliphatic rings. The fourth-order valence-electron chi connectivity index (χ4n) is 9.03. The van der Waals surface area contributed by atoms with Crippen molar-refractivity contribution >= 4 is 5.91 Å². The molecule has 0 heterocycles. The maximum absolute atomic E-state index is 12.5. The highest BCUT2D eigenvalue weighted by Gasteiger charge is 2.20. The highest BCUT2D eigenvalue weighted by molar-refractivity contribution is 5.76. The Balaban J connectivity index is 3.55. The number of amides is 1. The van der Waals surface area contributed by atoms with E-state index in [9.17, 15) is 15.0 Å². The summed E-state index contributed by atoms with van der Waals surface area (Å²) in [5, 5.41) is 23.4. The van der Waals surface area contributed by atoms with Crippen LogP contribution in [0.25, 0.3) is 0 Å². The van der Waals surface area contributed by atoms with E-state index < -0.39 is 12.1 Å². The number of aliphatic hydroxyl groups is 2. The highest BCUT2D eigenvalue weighted by atomic mass is 16.3. The largest absolute Gasteiger partial charge is 0.394 e. The monoisotopic (exact) mass is 972 g/mol. The lowest BCUT2D eigenvalue weighted by atomic mass is 10.0. The van der Waals surface area contributed by atoms with E-state index in [0.717, 1.165) is 96.3 Å². The molecule has 0 saturated heterocycles. The second kappa shape index (κ2) is 60.6. The molecule has 0 spiro atoms. The Labute approximate surface area is 436 Å². The quantitative estimate of drug-likeness (QED) is 0.0420. The summed E-state index contributed by atoms with van der Waals surface area (Å²) in [6, 6.07) is -0.559. The zero-order valence-electron chi connectivity index (χ0n) is 46.5. The molecule has 0 fully saturated rings. The summed E-state index contributed by atoms with van der Waals surface area (Å²) in [6.07, 6.45) is 89.8. The summed E-state index contributed by atoms with van der Waals surface area (Å²) >= 11 is 0. The van der Waals surface area contributed by atoms with E-state index in [-0.39, 0.29) is 12.5 Å². The molecule has 0 aliphatic heterocycles. The predicted molar refractivity (Wildman–Crippen MR) is 313 cm³/mol. The van der Waals surface area contributed by atoms with Gasteiger partial charge in [-0.25, -0.2) is 0 Å². The van der Waals surface area contributed by atoms with Crippen molar-refractivity contribution in [2.75, 3.05) is 6.61 Å². The second-order valence-corrected chi connectivity index (χ2v) is 20.4. The van der Waals surface area contributed by atoms with E-state index in [1.54, 1.807) is 0 Å². The van der Waals surface area contributed by atoms with Crippen LogP contribution in [0.3, 0.4) is 0 Å². The lowest BCUT2D eigenvalue weighted by Crippen LogP contribution is -2.45. The minimum atomic E-state index is -0.679. The van der Waals surface area contributed by atoms with Gasteiger partial charge in [-0.15, -0.1) is 0 Å². The fraction of sp³-hybridized carbons (Fsp3) is 0.742. The van der Waals surface area contributed by atoms with Crippen LogP contribution in [-0.4, -0.2) is 34.9 Å². The number of hydrogen-bond donors (Lipinski definition) is 3. The van der Waals surface area contributed by atoms with Crippen LogP contribution in [0.15, 0.2) is 97.2 Å². The third-order valence-electron chi connectivity index (χ3n) is 13.6. The molecule has 0 aromatic carbocycles. The Hall–Kier alpha value is -2.69. The molecule has 0 rings (SSSR count). The molecule has 0 bridgehead atoms. The number of aliphatic hydroxyl groups excluding tert-OH is 2. The van der Waals surface area contributed by atoms with Gasteiger partial charge >= 0.3 is 0 Å². The molecule has 1 amide bonds. The third kappa shape index (κ3) is 56.2. The van der Waals surface area contributed by atoms with E-state index in [1.807, 2.05) is 0 Å². The maximum Gasteiger partial charge on any atom is 0.220 e. The van der Waals surface area contributed by atoms with E-state index in [2.05, 4.69) is 116 Å². The topological polar surface area (TPSA) is 69.6 Å². The van der Waals surface area contributed by atoms with Crippen LogP contribution in [0.4, 0.5) is 0 Å². The van der Waals surface area contributed by atoms with Gasteiger partial charge in [-0.3, -0.25) is 4.79 Å². The second-order valence-electron chi connectivity index (χ2n) is 20.4. The molecule has 404 valence electrons. The van der Waals surface area contributed by atoms with Gasteiger partial charge in [0.05, 0.1) is 18.8 Å². The molecule has 2 atom stereocenters. The number of nitrogens with one attached hydrogen (secondary N) is 1. The first kappa shape index (κ1) is 67.3. The van der Waals surface area contributed by atoms with Gasteiger partial charge in [-0.1, -0.05) is 310 Å². The van der Waals surface area contributed by atoms with Gasteiger partial charge in [0.2, 0.25) is 5.91 Å². The first-order valence-electron chi connectivity index (χ1n) is 30.4. The average molecular weight is 973 g/mol. The number of carbonyl (C=O) groups excluding carboxylic acids is 1. The van der Waals surface area contributed by atoms with Crippen molar-refractivity contribution in [2.24, 2.45) is 0 Å². The Bertz CT molecular complexity index is 1290. The van der Waals surface area contributed by atoms with Crippen molar-refractivity contribution in [1.82, 2.24) is 5.32 Å². The molecule has 70 heavy (non-hydrogen) atoms. The standard InChI is InChI=1S/C66H117NO3/c1-3-5-7-9-11-13-15-17-19-21-23-25-27-29-31-33-35-37-39-41-43-45-47-49-51-53-55-57-59-61-65(69)64(63-68)67-66(70)62-60-58-56-54-52-50-48-46-44-42-40-38-36-34-32-30-28-26-24-22-20-18-16-14-12-10-8-6-4-2/h6,8,12,14,18,20,24,26,30,32,36,38,42,44,48,50,64-65,68-69H,3-5,7,9-11,13,15-17,19,21-23,25,27-29,31,33-35,37,39-41,43,45-47,49,51-63H2,1-2H3,(H,67,70)/b8-6-,14-12-,20-18-,26-24-,32-30-,38-36-,44-42-,50-48-. The summed E-state index contributed by atoms with van der Waals surface area (Å²) in [4.78, 5) is 12.5. The highest BCUT2D eigenvalue weighted by Crippen LogP contribution is 2.17. The van der Waals surface area contributed by atoms with Crippen LogP contribution in [0, 0.1) is 0 Å². The summed E-state index contributed by atoms with van der Waals surface area (Å²) in [7, 11) is 0. The van der Waals surface area contributed by atoms with E-state index in [0.29, 0.717) is 12.8 Å². The minimum Gasteiger partial charge on any atom is -0.394 e. The van der Waals surface area contributed by atoms with Crippen LogP contribution < -0.4 is 5.32 Å². The Morgan fingerprint density at radius 1 is 0.357 bits per heavy atom. The molecule has 0 aromatic heterocycles. The van der Waals surface area contributed by atoms with Crippen molar-refractivity contribution in [1.29, 1.82) is 0 Å². The zero-order valence-corrected chi connectivity index (χ0v) is 46.5. The number of carbonyl (C=O) groups is 1. The molecule has 0 aromatic rings. The summed E-state index contributed by atoms with van der Waals surface area (Å²) in [6.45, 7) is 4.25. The number of hydrogen-bond acceptors (Lipinski definition) is 3. The number of allylic oxidation sites excluding steroid dienone is 16. The van der Waals surface area contributed by atoms with Crippen molar-refractivity contribution in [3.05, 3.63) is 97.2 Å². The summed E-state index contributed by atoms with van der Waals surface area (Å²) in [5.41, 5.74) is 0. The maximum atomic E-state index is 12.5. The zero-order chi connectivity index (χ0) is 50.6. The molecular weight excluding hydrogens is 855 g/mol. The lowest BCUT2D eigenvalue weighted by molar-refractivity contribution is -0.123. The predicted octanol–water partition coefficient (Wildman–Crippen LogP) is 20.5. The number of unbranched alkanes of at least 4 members (excludes halogenated alkanes) is 32. The van der Waals surface area contributed by atoms with Gasteiger partial charge < -0.3 is 15.5 Å². The van der Waals surface area contributed by atoms with Crippen LogP contribution in [-0.2, 0) is 4.79 Å². The Morgan fingerprint density at radius 2 is 0.629 bits per heavy atom. The van der Waals surface area contributed by atoms with E-state index >= 15 is 0 Å². The first-order chi connectivity index (χ1) is 34.7. The van der Waals surface area contributed by atoms with Gasteiger partial charge in [-0.05, 0) is 77.0 Å². The van der Waals surface area contributed by atoms with Crippen molar-refractivity contribution in [2.45, 2.75) is 309 Å². The third-order valence-corrected chi connectivity index (χ3v) is 13.6. The molecule has 0 saturated carbocycles. The SMILES string of the molecule is CC/C=C\C/C=C\C/C=C\C/C=C\C/C=C\C/C=C\C/C=C\C/C=C\CCCCCCC(=O)NC(CO)C(O)CCCCCCCCCCCCCCCCCCCCCCCCCCCCCCC. The fourth-order valence-corrected chi connectivity index (χ4v) is 9.03. The molecule has 0 radical (unpaired) electrons. The van der Waals surface area contributed by atoms with Gasteiger partial charge in [0.1, 0.15) is 0 Å². The Kier molecular flexibility index (Phi) is 58.3. The summed E-state index contributed by atoms with van der Waals surface area (Å²) in [5.74, 6) is -0.0561. The van der Waals surface area contributed by atoms with Gasteiger partial charge in [0, 0.05) is 6.42 Å². The molecule has 3 N–H and O–H groups in total. The molecule has 4 heteroatoms. The van der Waals surface area contributed by atoms with E-state index in [4.69, 9.17) is 0 Å². The Morgan fingerprint density at radius 3 is 0.943 bits per heavy atom. The number of rotatable bonds is 55. The van der Waals surface area contributed by atoms with Gasteiger partial charge in [0.15, 0.2) is 0 Å². The lowest BCUT2D eigenvalue weighted by Gasteiger charge is -2.22. The molecule has 0 aliphatic carbocycles. The smallest absolute Gasteiger partial charge is 0.220 e. The van der Waals surface area contributed by atoms with Crippen LogP contribution in [0.5, 0.6) is 0 Å². The van der Waals surface area contributed by atoms with Crippen molar-refractivity contribution in [3.8, 4) is 0 Å². The van der Waals surface area contributed by atoms with E-state index in [1.165, 1.54) is 173 Å². The molecule has 4 nitrogen and oxygen atoms in total. The van der Waals surface area contributed by atoms with Crippen LogP contribution in [0.2, 0.25) is 0 Å². The van der Waals surface area contributed by atoms with Crippen molar-refractivity contribution < 1.29 is 15.0 Å². The van der Waals surface area contributed by atoms with Crippen LogP contribution >= 0.6 is 0 Å². The first-order valence-corrected chi connectivity index (χ1v) is 30.4. The van der Waals surface area contributed by atoms with Crippen molar-refractivity contribution in [3.63, 3.8) is 0 Å². The summed E-state index contributed by atoms with van der Waals surface area (Å²) < 4.78 is 0. The molecular formula is C66H117NO3. The average Bonchev–Trinajstić information content (AvgIpc) is 3.36. The van der Waals surface area contributed by atoms with Crippen LogP contribution in [0.1, 0.15) is 296 Å². The van der Waals surface area contributed by atoms with Gasteiger partial charge in [0.25, 0.3) is 0 Å². The minimum absolute atomic E-state index is 0.0561. The molecule has 2 unspecified atom stereocenters. The normalized spacial score (nSPS) is 13.5. The van der Waals surface area contributed by atoms with Gasteiger partial charge in [-0.2, -0.15) is 0 Å².